The van der Waals surface area contributed by atoms with Crippen LogP contribution in [0.15, 0.2) is 33.9 Å². The predicted molar refractivity (Wildman–Crippen MR) is 110 cm³/mol. The van der Waals surface area contributed by atoms with Crippen LogP contribution in [0.2, 0.25) is 0 Å². The van der Waals surface area contributed by atoms with Crippen molar-refractivity contribution < 1.29 is 28.3 Å². The van der Waals surface area contributed by atoms with E-state index in [2.05, 4.69) is 20.9 Å². The van der Waals surface area contributed by atoms with Crippen molar-refractivity contribution in [1.82, 2.24) is 25.9 Å². The molecular weight excluding hydrogens is 438 g/mol. The van der Waals surface area contributed by atoms with E-state index in [0.717, 1.165) is 36.0 Å². The zero-order valence-corrected chi connectivity index (χ0v) is 17.9. The van der Waals surface area contributed by atoms with Gasteiger partial charge in [0.1, 0.15) is 12.1 Å². The number of nitrogens with zero attached hydrogens (tertiary/aromatic N) is 3. The number of carbonyl (C=O) groups excluding carboxylic acids is 3. The van der Waals surface area contributed by atoms with E-state index in [1.54, 1.807) is 12.1 Å². The second-order valence-corrected chi connectivity index (χ2v) is 8.73. The van der Waals surface area contributed by atoms with Crippen LogP contribution in [0.5, 0.6) is 11.5 Å². The number of amides is 4. The maximum atomic E-state index is 12.7. The molecule has 0 bridgehead atoms. The van der Waals surface area contributed by atoms with Crippen molar-refractivity contribution >= 4 is 29.6 Å². The third-order valence-electron chi connectivity index (χ3n) is 5.64. The van der Waals surface area contributed by atoms with Crippen molar-refractivity contribution in [2.24, 2.45) is 0 Å². The zero-order chi connectivity index (χ0) is 22.1. The molecule has 12 heteroatoms. The summed E-state index contributed by atoms with van der Waals surface area (Å²) < 4.78 is 17.1. The molecule has 0 radical (unpaired) electrons. The van der Waals surface area contributed by atoms with Gasteiger partial charge in [0.25, 0.3) is 17.0 Å². The van der Waals surface area contributed by atoms with Crippen LogP contribution in [0, 0.1) is 0 Å². The molecule has 4 amide bonds. The van der Waals surface area contributed by atoms with Gasteiger partial charge in [-0.15, -0.1) is 10.2 Å². The number of para-hydroxylation sites is 2. The minimum Gasteiger partial charge on any atom is -0.485 e. The first-order valence-corrected chi connectivity index (χ1v) is 11.3. The van der Waals surface area contributed by atoms with Gasteiger partial charge in [-0.25, -0.2) is 4.79 Å². The summed E-state index contributed by atoms with van der Waals surface area (Å²) in [6.07, 6.45) is 3.37. The Balaban J connectivity index is 1.15. The average molecular weight is 459 g/mol. The zero-order valence-electron chi connectivity index (χ0n) is 17.0. The highest BCUT2D eigenvalue weighted by atomic mass is 32.2. The molecule has 1 atom stereocenters. The average Bonchev–Trinajstić information content (AvgIpc) is 3.37. The number of carbonyl (C=O) groups is 3. The van der Waals surface area contributed by atoms with Crippen molar-refractivity contribution in [3.8, 4) is 11.5 Å². The molecule has 1 unspecified atom stereocenters. The number of hydrogen-bond donors (Lipinski definition) is 2. The number of hydrogen-bond acceptors (Lipinski definition) is 9. The van der Waals surface area contributed by atoms with Gasteiger partial charge in [-0.3, -0.25) is 15.0 Å². The van der Waals surface area contributed by atoms with Crippen LogP contribution in [0.1, 0.15) is 44.1 Å². The number of imide groups is 1. The van der Waals surface area contributed by atoms with Gasteiger partial charge in [0, 0.05) is 0 Å². The first-order chi connectivity index (χ1) is 15.5. The molecule has 2 aromatic rings. The molecule has 1 aliphatic carbocycles. The van der Waals surface area contributed by atoms with Crippen LogP contribution in [-0.4, -0.2) is 51.0 Å². The maximum Gasteiger partial charge on any atom is 0.344 e. The molecule has 168 valence electrons. The number of ether oxygens (including phenoxy) is 2. The monoisotopic (exact) mass is 459 g/mol. The minimum absolute atomic E-state index is 0.115. The number of fused-ring (bicyclic) bond motifs is 1. The van der Waals surface area contributed by atoms with E-state index in [-0.39, 0.29) is 23.5 Å². The van der Waals surface area contributed by atoms with Gasteiger partial charge < -0.3 is 19.2 Å². The Morgan fingerprint density at radius 3 is 2.78 bits per heavy atom. The van der Waals surface area contributed by atoms with Crippen molar-refractivity contribution in [1.29, 1.82) is 0 Å². The molecule has 3 aliphatic rings. The summed E-state index contributed by atoms with van der Waals surface area (Å²) in [5.74, 6) is 0.407. The van der Waals surface area contributed by atoms with Gasteiger partial charge >= 0.3 is 6.03 Å². The van der Waals surface area contributed by atoms with Gasteiger partial charge in [0.2, 0.25) is 12.0 Å². The fourth-order valence-electron chi connectivity index (χ4n) is 4.05. The van der Waals surface area contributed by atoms with Crippen LogP contribution < -0.4 is 20.2 Å². The smallest absolute Gasteiger partial charge is 0.344 e. The number of nitrogens with one attached hydrogen (secondary N) is 2. The van der Waals surface area contributed by atoms with Crippen LogP contribution in [-0.2, 0) is 9.59 Å². The lowest BCUT2D eigenvalue weighted by Gasteiger charge is -2.30. The van der Waals surface area contributed by atoms with E-state index < -0.39 is 29.5 Å². The van der Waals surface area contributed by atoms with E-state index in [1.165, 1.54) is 0 Å². The van der Waals surface area contributed by atoms with Gasteiger partial charge in [-0.1, -0.05) is 43.2 Å². The summed E-state index contributed by atoms with van der Waals surface area (Å²) in [7, 11) is 0. The van der Waals surface area contributed by atoms with E-state index in [0.29, 0.717) is 24.3 Å². The van der Waals surface area contributed by atoms with E-state index in [1.807, 2.05) is 12.1 Å². The Hall–Kier alpha value is -3.28. The molecule has 3 heterocycles. The van der Waals surface area contributed by atoms with Crippen molar-refractivity contribution in [3.63, 3.8) is 0 Å². The molecule has 32 heavy (non-hydrogen) atoms. The first kappa shape index (κ1) is 20.6. The lowest BCUT2D eigenvalue weighted by molar-refractivity contribution is -0.139. The van der Waals surface area contributed by atoms with Gasteiger partial charge in [0.05, 0.1) is 5.75 Å². The third kappa shape index (κ3) is 3.85. The van der Waals surface area contributed by atoms with Crippen molar-refractivity contribution in [2.75, 3.05) is 12.4 Å². The quantitative estimate of drug-likeness (QED) is 0.508. The normalized spacial score (nSPS) is 21.5. The fraction of sp³-hybridized carbons (Fsp3) is 0.450. The molecule has 1 aromatic heterocycles. The molecular formula is C20H21N5O6S. The Morgan fingerprint density at radius 1 is 1.19 bits per heavy atom. The summed E-state index contributed by atoms with van der Waals surface area (Å²) in [6, 6.07) is 6.67. The molecule has 2 aliphatic heterocycles. The number of urea groups is 1. The number of rotatable bonds is 5. The summed E-state index contributed by atoms with van der Waals surface area (Å²) >= 11 is 0.994. The SMILES string of the molecule is O=C(CSc1nnc(C2COc3ccccc3O2)o1)NN1C(=O)NC2(CCCCC2)C1=O. The van der Waals surface area contributed by atoms with E-state index >= 15 is 0 Å². The third-order valence-corrected chi connectivity index (χ3v) is 6.46. The second kappa shape index (κ2) is 8.34. The largest absolute Gasteiger partial charge is 0.485 e. The highest BCUT2D eigenvalue weighted by molar-refractivity contribution is 7.99. The Labute approximate surface area is 187 Å². The summed E-state index contributed by atoms with van der Waals surface area (Å²) in [5.41, 5.74) is 1.49. The highest BCUT2D eigenvalue weighted by Crippen LogP contribution is 2.36. The second-order valence-electron chi connectivity index (χ2n) is 7.81. The molecule has 5 rings (SSSR count). The Morgan fingerprint density at radius 2 is 1.97 bits per heavy atom. The topological polar surface area (TPSA) is 136 Å². The van der Waals surface area contributed by atoms with Crippen molar-refractivity contribution in [3.05, 3.63) is 30.2 Å². The molecule has 2 N–H and O–H groups in total. The summed E-state index contributed by atoms with van der Waals surface area (Å²) in [4.78, 5) is 37.3. The van der Waals surface area contributed by atoms with Crippen LogP contribution >= 0.6 is 11.8 Å². The number of aromatic nitrogens is 2. The maximum absolute atomic E-state index is 12.7. The summed E-state index contributed by atoms with van der Waals surface area (Å²) in [6.45, 7) is 0.220. The van der Waals surface area contributed by atoms with Crippen LogP contribution in [0.4, 0.5) is 4.79 Å². The Kier molecular flexibility index (Phi) is 5.37. The van der Waals surface area contributed by atoms with Gasteiger partial charge in [-0.2, -0.15) is 5.01 Å². The molecule has 1 spiro atoms. The predicted octanol–water partition coefficient (Wildman–Crippen LogP) is 1.96. The van der Waals surface area contributed by atoms with Gasteiger partial charge in [-0.05, 0) is 25.0 Å². The number of hydrazine groups is 1. The standard InChI is InChI=1S/C20H21N5O6S/c26-15(24-25-17(27)20(21-18(25)28)8-4-1-5-9-20)11-32-19-23-22-16(31-19)14-10-29-12-6-2-3-7-13(12)30-14/h2-3,6-7,14H,1,4-5,8-11H2,(H,21,28)(H,24,26). The molecule has 11 nitrogen and oxygen atoms in total. The first-order valence-electron chi connectivity index (χ1n) is 10.3. The van der Waals surface area contributed by atoms with E-state index in [4.69, 9.17) is 13.9 Å². The molecule has 1 saturated carbocycles. The number of benzene rings is 1. The van der Waals surface area contributed by atoms with Crippen LogP contribution in [0.3, 0.4) is 0 Å². The lowest BCUT2D eigenvalue weighted by Crippen LogP contribution is -2.51. The molecule has 1 saturated heterocycles. The molecule has 2 fully saturated rings. The minimum atomic E-state index is -0.891. The van der Waals surface area contributed by atoms with Gasteiger partial charge in [0.15, 0.2) is 11.5 Å². The fourth-order valence-corrected chi connectivity index (χ4v) is 4.61. The number of thioether (sulfide) groups is 1. The van der Waals surface area contributed by atoms with E-state index in [9.17, 15) is 14.4 Å². The molecule has 1 aromatic carbocycles. The lowest BCUT2D eigenvalue weighted by atomic mass is 9.82. The highest BCUT2D eigenvalue weighted by Gasteiger charge is 2.52. The van der Waals surface area contributed by atoms with Crippen molar-refractivity contribution in [2.45, 2.75) is 49.0 Å². The van der Waals surface area contributed by atoms with Crippen LogP contribution in [0.25, 0.3) is 0 Å². The Bertz CT molecular complexity index is 1050. The summed E-state index contributed by atoms with van der Waals surface area (Å²) in [5, 5.41) is 11.6.